The van der Waals surface area contributed by atoms with Gasteiger partial charge >= 0.3 is 0 Å². The van der Waals surface area contributed by atoms with Crippen LogP contribution in [0, 0.1) is 5.41 Å². The minimum absolute atomic E-state index is 0.177. The van der Waals surface area contributed by atoms with Crippen LogP contribution in [-0.2, 0) is 6.42 Å². The van der Waals surface area contributed by atoms with E-state index in [1.165, 1.54) is 0 Å². The van der Waals surface area contributed by atoms with Crippen molar-refractivity contribution in [3.05, 3.63) is 34.4 Å². The topological polar surface area (TPSA) is 65.7 Å². The fraction of sp³-hybridized carbons (Fsp3) is 0.100. The molecule has 72 valence electrons. The summed E-state index contributed by atoms with van der Waals surface area (Å²) < 4.78 is 1.05. The van der Waals surface area contributed by atoms with Crippen LogP contribution in [0.25, 0.3) is 10.9 Å². The zero-order chi connectivity index (χ0) is 10.1. The van der Waals surface area contributed by atoms with Crippen LogP contribution in [0.3, 0.4) is 0 Å². The van der Waals surface area contributed by atoms with Crippen LogP contribution < -0.4 is 5.73 Å². The van der Waals surface area contributed by atoms with E-state index in [0.29, 0.717) is 6.42 Å². The SMILES string of the molecule is N=C(N)Cc1cc2cc(Br)ccc2[nH]1. The number of rotatable bonds is 2. The monoisotopic (exact) mass is 251 g/mol. The number of hydrogen-bond donors (Lipinski definition) is 3. The van der Waals surface area contributed by atoms with E-state index in [0.717, 1.165) is 21.1 Å². The first-order valence-electron chi connectivity index (χ1n) is 4.25. The van der Waals surface area contributed by atoms with Crippen molar-refractivity contribution in [1.82, 2.24) is 4.98 Å². The number of fused-ring (bicyclic) bond motifs is 1. The van der Waals surface area contributed by atoms with E-state index >= 15 is 0 Å². The highest BCUT2D eigenvalue weighted by molar-refractivity contribution is 9.10. The molecular weight excluding hydrogens is 242 g/mol. The second-order valence-corrected chi connectivity index (χ2v) is 4.14. The quantitative estimate of drug-likeness (QED) is 0.557. The summed E-state index contributed by atoms with van der Waals surface area (Å²) in [5, 5.41) is 8.33. The number of nitrogens with two attached hydrogens (primary N) is 1. The molecule has 4 N–H and O–H groups in total. The molecule has 0 atom stereocenters. The Morgan fingerprint density at radius 3 is 2.93 bits per heavy atom. The average Bonchev–Trinajstić information content (AvgIpc) is 2.44. The Kier molecular flexibility index (Phi) is 2.29. The van der Waals surface area contributed by atoms with E-state index in [1.54, 1.807) is 0 Å². The van der Waals surface area contributed by atoms with Gasteiger partial charge in [0.15, 0.2) is 0 Å². The molecule has 1 heterocycles. The number of H-pyrrole nitrogens is 1. The first kappa shape index (κ1) is 9.27. The van der Waals surface area contributed by atoms with Crippen LogP contribution in [0.5, 0.6) is 0 Å². The predicted molar refractivity (Wildman–Crippen MR) is 61.6 cm³/mol. The van der Waals surface area contributed by atoms with E-state index in [9.17, 15) is 0 Å². The van der Waals surface area contributed by atoms with Crippen molar-refractivity contribution >= 4 is 32.7 Å². The second-order valence-electron chi connectivity index (χ2n) is 3.23. The maximum Gasteiger partial charge on any atom is 0.0965 e. The summed E-state index contributed by atoms with van der Waals surface area (Å²) in [5.74, 6) is 0.177. The Balaban J connectivity index is 2.46. The van der Waals surface area contributed by atoms with Crippen molar-refractivity contribution in [3.63, 3.8) is 0 Å². The Labute approximate surface area is 89.9 Å². The van der Waals surface area contributed by atoms with Gasteiger partial charge in [0.25, 0.3) is 0 Å². The standard InChI is InChI=1S/C10H10BrN3/c11-7-1-2-9-6(3-7)4-8(14-9)5-10(12)13/h1-4,14H,5H2,(H3,12,13). The molecule has 14 heavy (non-hydrogen) atoms. The Morgan fingerprint density at radius 1 is 1.43 bits per heavy atom. The van der Waals surface area contributed by atoms with Gasteiger partial charge in [-0.25, -0.2) is 0 Å². The second kappa shape index (κ2) is 3.46. The van der Waals surface area contributed by atoms with Crippen molar-refractivity contribution in [2.24, 2.45) is 5.73 Å². The van der Waals surface area contributed by atoms with Gasteiger partial charge in [-0.2, -0.15) is 0 Å². The molecule has 0 amide bonds. The Bertz CT molecular complexity index is 487. The summed E-state index contributed by atoms with van der Waals surface area (Å²) in [4.78, 5) is 3.21. The first-order valence-corrected chi connectivity index (χ1v) is 5.04. The third kappa shape index (κ3) is 1.80. The molecule has 0 aliphatic carbocycles. The number of benzene rings is 1. The summed E-state index contributed by atoms with van der Waals surface area (Å²) in [6.07, 6.45) is 0.478. The van der Waals surface area contributed by atoms with Crippen LogP contribution in [0.1, 0.15) is 5.69 Å². The molecule has 0 aliphatic rings. The van der Waals surface area contributed by atoms with Crippen LogP contribution in [-0.4, -0.2) is 10.8 Å². The Morgan fingerprint density at radius 2 is 2.21 bits per heavy atom. The lowest BCUT2D eigenvalue weighted by atomic mass is 10.2. The third-order valence-corrected chi connectivity index (χ3v) is 2.51. The van der Waals surface area contributed by atoms with Gasteiger partial charge in [-0.3, -0.25) is 5.41 Å². The van der Waals surface area contributed by atoms with E-state index in [2.05, 4.69) is 20.9 Å². The molecule has 0 saturated carbocycles. The van der Waals surface area contributed by atoms with Crippen molar-refractivity contribution in [1.29, 1.82) is 5.41 Å². The van der Waals surface area contributed by atoms with Crippen molar-refractivity contribution < 1.29 is 0 Å². The molecule has 0 spiro atoms. The molecule has 0 aliphatic heterocycles. The van der Waals surface area contributed by atoms with Crippen LogP contribution >= 0.6 is 15.9 Å². The van der Waals surface area contributed by atoms with E-state index in [4.69, 9.17) is 11.1 Å². The average molecular weight is 252 g/mol. The summed E-state index contributed by atoms with van der Waals surface area (Å²) in [7, 11) is 0. The molecule has 0 bridgehead atoms. The normalized spacial score (nSPS) is 10.6. The number of hydrogen-bond acceptors (Lipinski definition) is 1. The molecule has 2 rings (SSSR count). The molecule has 4 heteroatoms. The Hall–Kier alpha value is -1.29. The highest BCUT2D eigenvalue weighted by atomic mass is 79.9. The third-order valence-electron chi connectivity index (χ3n) is 2.02. The lowest BCUT2D eigenvalue weighted by Gasteiger charge is -1.92. The van der Waals surface area contributed by atoms with Crippen molar-refractivity contribution in [2.75, 3.05) is 0 Å². The fourth-order valence-electron chi connectivity index (χ4n) is 1.46. The number of aromatic amines is 1. The lowest BCUT2D eigenvalue weighted by Crippen LogP contribution is -2.12. The van der Waals surface area contributed by atoms with E-state index in [-0.39, 0.29) is 5.84 Å². The van der Waals surface area contributed by atoms with Crippen LogP contribution in [0.2, 0.25) is 0 Å². The van der Waals surface area contributed by atoms with E-state index < -0.39 is 0 Å². The summed E-state index contributed by atoms with van der Waals surface area (Å²) in [6.45, 7) is 0. The summed E-state index contributed by atoms with van der Waals surface area (Å²) in [5.41, 5.74) is 7.38. The van der Waals surface area contributed by atoms with Gasteiger partial charge in [-0.05, 0) is 24.3 Å². The smallest absolute Gasteiger partial charge is 0.0965 e. The van der Waals surface area contributed by atoms with Gasteiger partial charge in [0.05, 0.1) is 5.84 Å². The van der Waals surface area contributed by atoms with Gasteiger partial charge in [-0.15, -0.1) is 0 Å². The van der Waals surface area contributed by atoms with Gasteiger partial charge in [0.2, 0.25) is 0 Å². The highest BCUT2D eigenvalue weighted by Gasteiger charge is 2.01. The zero-order valence-electron chi connectivity index (χ0n) is 7.47. The van der Waals surface area contributed by atoms with Crippen molar-refractivity contribution in [3.8, 4) is 0 Å². The molecule has 0 fully saturated rings. The van der Waals surface area contributed by atoms with Gasteiger partial charge < -0.3 is 10.7 Å². The first-order chi connectivity index (χ1) is 6.65. The minimum Gasteiger partial charge on any atom is -0.387 e. The van der Waals surface area contributed by atoms with Crippen LogP contribution in [0.15, 0.2) is 28.7 Å². The lowest BCUT2D eigenvalue weighted by molar-refractivity contribution is 1.17. The van der Waals surface area contributed by atoms with Gasteiger partial charge in [-0.1, -0.05) is 15.9 Å². The number of halogens is 1. The molecule has 3 nitrogen and oxygen atoms in total. The fourth-order valence-corrected chi connectivity index (χ4v) is 1.84. The number of nitrogens with one attached hydrogen (secondary N) is 2. The maximum atomic E-state index is 7.20. The summed E-state index contributed by atoms with van der Waals surface area (Å²) >= 11 is 3.41. The number of aromatic nitrogens is 1. The van der Waals surface area contributed by atoms with Crippen LogP contribution in [0.4, 0.5) is 0 Å². The van der Waals surface area contributed by atoms with E-state index in [1.807, 2.05) is 24.3 Å². The zero-order valence-corrected chi connectivity index (χ0v) is 9.06. The minimum atomic E-state index is 0.177. The molecule has 1 aromatic heterocycles. The molecular formula is C10H10BrN3. The largest absolute Gasteiger partial charge is 0.387 e. The van der Waals surface area contributed by atoms with Crippen molar-refractivity contribution in [2.45, 2.75) is 6.42 Å². The molecule has 2 aromatic rings. The highest BCUT2D eigenvalue weighted by Crippen LogP contribution is 2.20. The molecule has 0 unspecified atom stereocenters. The molecule has 1 aromatic carbocycles. The predicted octanol–water partition coefficient (Wildman–Crippen LogP) is 2.41. The van der Waals surface area contributed by atoms with Gasteiger partial charge in [0.1, 0.15) is 0 Å². The maximum absolute atomic E-state index is 7.20. The summed E-state index contributed by atoms with van der Waals surface area (Å²) in [6, 6.07) is 8.04. The molecule has 0 radical (unpaired) electrons. The van der Waals surface area contributed by atoms with Gasteiger partial charge in [0, 0.05) is 27.5 Å². The number of amidine groups is 1. The molecule has 0 saturated heterocycles.